The molecule has 2 N–H and O–H groups in total. The Balaban J connectivity index is 1.20. The minimum atomic E-state index is -0.514. The third-order valence-electron chi connectivity index (χ3n) is 7.06. The van der Waals surface area contributed by atoms with Crippen LogP contribution in [0.15, 0.2) is 42.7 Å². The molecule has 2 aliphatic rings. The second-order valence-corrected chi connectivity index (χ2v) is 9.81. The van der Waals surface area contributed by atoms with Crippen molar-refractivity contribution in [1.29, 1.82) is 0 Å². The Morgan fingerprint density at radius 2 is 1.89 bits per heavy atom. The maximum absolute atomic E-state index is 12.2. The van der Waals surface area contributed by atoms with Gasteiger partial charge in [0.1, 0.15) is 5.75 Å². The first-order valence-electron chi connectivity index (χ1n) is 13.0. The van der Waals surface area contributed by atoms with Gasteiger partial charge in [-0.05, 0) is 80.2 Å². The predicted molar refractivity (Wildman–Crippen MR) is 138 cm³/mol. The fraction of sp³-hybridized carbons (Fsp3) is 0.536. The van der Waals surface area contributed by atoms with Crippen molar-refractivity contribution in [1.82, 2.24) is 15.3 Å². The number of hydrogen-bond donors (Lipinski definition) is 2. The van der Waals surface area contributed by atoms with Crippen molar-refractivity contribution in [2.75, 3.05) is 31.1 Å². The molecule has 7 heteroatoms. The summed E-state index contributed by atoms with van der Waals surface area (Å²) in [5.74, 6) is 2.31. The van der Waals surface area contributed by atoms with Crippen LogP contribution in [0.2, 0.25) is 0 Å². The average molecular weight is 479 g/mol. The van der Waals surface area contributed by atoms with E-state index in [1.165, 1.54) is 16.7 Å². The number of nitrogens with zero attached hydrogens (tertiary/aromatic N) is 3. The summed E-state index contributed by atoms with van der Waals surface area (Å²) in [6.07, 6.45) is 11.1. The van der Waals surface area contributed by atoms with Gasteiger partial charge < -0.3 is 20.1 Å². The number of amides is 1. The molecule has 2 atom stereocenters. The van der Waals surface area contributed by atoms with Crippen LogP contribution < -0.4 is 15.0 Å². The maximum atomic E-state index is 12.2. The van der Waals surface area contributed by atoms with Crippen LogP contribution >= 0.6 is 0 Å². The molecule has 35 heavy (non-hydrogen) atoms. The first kappa shape index (κ1) is 25.2. The highest BCUT2D eigenvalue weighted by Crippen LogP contribution is 2.31. The molecule has 1 aromatic heterocycles. The van der Waals surface area contributed by atoms with Gasteiger partial charge in [-0.25, -0.2) is 9.97 Å². The van der Waals surface area contributed by atoms with Crippen LogP contribution in [0.25, 0.3) is 5.57 Å². The van der Waals surface area contributed by atoms with Crippen molar-refractivity contribution in [3.63, 3.8) is 0 Å². The van der Waals surface area contributed by atoms with Crippen LogP contribution in [-0.2, 0) is 11.2 Å². The number of piperidine rings is 1. The summed E-state index contributed by atoms with van der Waals surface area (Å²) in [4.78, 5) is 23.5. The SMILES string of the molecule is CCc1cnc(N2CCC(COc3ccc(C4=CCC(C(=O)NC[C@H](C)O)CC4)cc3)CC2)nc1. The number of rotatable bonds is 9. The Hall–Kier alpha value is -2.93. The molecule has 2 aromatic rings. The van der Waals surface area contributed by atoms with E-state index in [1.807, 2.05) is 12.4 Å². The molecular weight excluding hydrogens is 440 g/mol. The van der Waals surface area contributed by atoms with Crippen LogP contribution in [0, 0.1) is 11.8 Å². The van der Waals surface area contributed by atoms with E-state index in [4.69, 9.17) is 4.74 Å². The topological polar surface area (TPSA) is 87.6 Å². The third-order valence-corrected chi connectivity index (χ3v) is 7.06. The van der Waals surface area contributed by atoms with Gasteiger partial charge in [-0.15, -0.1) is 0 Å². The summed E-state index contributed by atoms with van der Waals surface area (Å²) < 4.78 is 6.11. The lowest BCUT2D eigenvalue weighted by Gasteiger charge is -2.31. The summed E-state index contributed by atoms with van der Waals surface area (Å²) >= 11 is 0. The number of carbonyl (C=O) groups excluding carboxylic acids is 1. The number of nitrogens with one attached hydrogen (secondary N) is 1. The smallest absolute Gasteiger partial charge is 0.225 e. The van der Waals surface area contributed by atoms with Crippen LogP contribution in [0.1, 0.15) is 57.1 Å². The zero-order valence-electron chi connectivity index (χ0n) is 20.9. The van der Waals surface area contributed by atoms with Crippen molar-refractivity contribution in [2.24, 2.45) is 11.8 Å². The summed E-state index contributed by atoms with van der Waals surface area (Å²) in [5.41, 5.74) is 3.66. The van der Waals surface area contributed by atoms with Gasteiger partial charge in [0.15, 0.2) is 0 Å². The predicted octanol–water partition coefficient (Wildman–Crippen LogP) is 4.01. The number of benzene rings is 1. The van der Waals surface area contributed by atoms with Gasteiger partial charge >= 0.3 is 0 Å². The van der Waals surface area contributed by atoms with Crippen molar-refractivity contribution in [2.45, 2.75) is 58.5 Å². The molecule has 2 heterocycles. The van der Waals surface area contributed by atoms with Gasteiger partial charge in [0.05, 0.1) is 12.7 Å². The van der Waals surface area contributed by atoms with Crippen molar-refractivity contribution < 1.29 is 14.6 Å². The van der Waals surface area contributed by atoms with Gasteiger partial charge in [0.2, 0.25) is 11.9 Å². The van der Waals surface area contributed by atoms with E-state index in [0.29, 0.717) is 12.5 Å². The van der Waals surface area contributed by atoms with Gasteiger partial charge in [0.25, 0.3) is 0 Å². The van der Waals surface area contributed by atoms with Crippen molar-refractivity contribution >= 4 is 17.4 Å². The molecule has 1 saturated heterocycles. The molecule has 1 unspecified atom stereocenters. The highest BCUT2D eigenvalue weighted by atomic mass is 16.5. The van der Waals surface area contributed by atoms with Crippen LogP contribution in [0.3, 0.4) is 0 Å². The lowest BCUT2D eigenvalue weighted by Crippen LogP contribution is -2.36. The molecule has 1 aliphatic heterocycles. The maximum Gasteiger partial charge on any atom is 0.225 e. The number of hydrogen-bond acceptors (Lipinski definition) is 6. The first-order valence-corrected chi connectivity index (χ1v) is 13.0. The highest BCUT2D eigenvalue weighted by molar-refractivity contribution is 5.80. The lowest BCUT2D eigenvalue weighted by atomic mass is 9.86. The fourth-order valence-electron chi connectivity index (χ4n) is 4.70. The third kappa shape index (κ3) is 7.04. The minimum absolute atomic E-state index is 0.00575. The summed E-state index contributed by atoms with van der Waals surface area (Å²) in [5, 5.41) is 12.2. The van der Waals surface area contributed by atoms with E-state index in [1.54, 1.807) is 6.92 Å². The van der Waals surface area contributed by atoms with E-state index in [-0.39, 0.29) is 11.8 Å². The molecular formula is C28H38N4O3. The van der Waals surface area contributed by atoms with Crippen LogP contribution in [0.5, 0.6) is 5.75 Å². The van der Waals surface area contributed by atoms with Crippen LogP contribution in [0.4, 0.5) is 5.95 Å². The molecule has 0 bridgehead atoms. The lowest BCUT2D eigenvalue weighted by molar-refractivity contribution is -0.125. The zero-order valence-corrected chi connectivity index (χ0v) is 20.9. The van der Waals surface area contributed by atoms with E-state index in [9.17, 15) is 9.90 Å². The largest absolute Gasteiger partial charge is 0.493 e. The number of allylic oxidation sites excluding steroid dienone is 2. The normalized spacial score (nSPS) is 19.7. The second-order valence-electron chi connectivity index (χ2n) is 9.81. The molecule has 0 spiro atoms. The van der Waals surface area contributed by atoms with E-state index < -0.39 is 6.10 Å². The van der Waals surface area contributed by atoms with Gasteiger partial charge in [-0.1, -0.05) is 25.1 Å². The van der Waals surface area contributed by atoms with Gasteiger partial charge in [0, 0.05) is 37.9 Å². The van der Waals surface area contributed by atoms with Gasteiger partial charge in [-0.2, -0.15) is 0 Å². The first-order chi connectivity index (χ1) is 17.0. The van der Waals surface area contributed by atoms with E-state index in [0.717, 1.165) is 69.9 Å². The quantitative estimate of drug-likeness (QED) is 0.566. The molecule has 1 fully saturated rings. The molecule has 0 radical (unpaired) electrons. The van der Waals surface area contributed by atoms with Crippen LogP contribution in [-0.4, -0.2) is 53.3 Å². The molecule has 1 aromatic carbocycles. The molecule has 188 valence electrons. The summed E-state index contributed by atoms with van der Waals surface area (Å²) in [6.45, 7) is 6.76. The highest BCUT2D eigenvalue weighted by Gasteiger charge is 2.23. The number of carbonyl (C=O) groups is 1. The Kier molecular flexibility index (Phi) is 8.74. The molecule has 0 saturated carbocycles. The Bertz CT molecular complexity index is 980. The Morgan fingerprint density at radius 1 is 1.17 bits per heavy atom. The molecule has 7 nitrogen and oxygen atoms in total. The summed E-state index contributed by atoms with van der Waals surface area (Å²) in [7, 11) is 0. The van der Waals surface area contributed by atoms with Crippen molar-refractivity contribution in [3.05, 3.63) is 53.9 Å². The second kappa shape index (κ2) is 12.2. The number of ether oxygens (including phenoxy) is 1. The molecule has 1 aliphatic carbocycles. The minimum Gasteiger partial charge on any atom is -0.493 e. The van der Waals surface area contributed by atoms with Crippen molar-refractivity contribution in [3.8, 4) is 5.75 Å². The number of aromatic nitrogens is 2. The number of anilines is 1. The summed E-state index contributed by atoms with van der Waals surface area (Å²) in [6, 6.07) is 8.34. The number of aryl methyl sites for hydroxylation is 1. The standard InChI is InChI=1S/C28H38N4O3/c1-3-21-17-30-28(31-18-21)32-14-12-22(13-15-32)19-35-26-10-8-24(9-11-26)23-4-6-25(7-5-23)27(34)29-16-20(2)33/h4,8-11,17-18,20,22,25,33H,3,5-7,12-16,19H2,1-2H3,(H,29,34)/t20-,25?/m0/s1. The number of aliphatic hydroxyl groups excluding tert-OH is 1. The Morgan fingerprint density at radius 3 is 2.49 bits per heavy atom. The molecule has 1 amide bonds. The average Bonchev–Trinajstić information content (AvgIpc) is 2.91. The number of aliphatic hydroxyl groups is 1. The fourth-order valence-corrected chi connectivity index (χ4v) is 4.70. The zero-order chi connectivity index (χ0) is 24.6. The van der Waals surface area contributed by atoms with E-state index >= 15 is 0 Å². The Labute approximate surface area is 208 Å². The van der Waals surface area contributed by atoms with E-state index in [2.05, 4.69) is 57.4 Å². The molecule has 4 rings (SSSR count). The monoisotopic (exact) mass is 478 g/mol. The van der Waals surface area contributed by atoms with Gasteiger partial charge in [-0.3, -0.25) is 4.79 Å².